The number of aromatic hydroxyl groups is 1. The number of phenolic OH excluding ortho intramolecular Hbond substituents is 1. The predicted octanol–water partition coefficient (Wildman–Crippen LogP) is 0.635. The second-order valence-corrected chi connectivity index (χ2v) is 3.42. The molecule has 4 nitrogen and oxygen atoms in total. The van der Waals surface area contributed by atoms with Gasteiger partial charge in [-0.1, -0.05) is 12.1 Å². The molecular formula is C9H11NO3S. The van der Waals surface area contributed by atoms with Gasteiger partial charge in [-0.05, 0) is 11.6 Å². The average molecular weight is 213 g/mol. The van der Waals surface area contributed by atoms with E-state index >= 15 is 0 Å². The maximum atomic E-state index is 10.5. The lowest BCUT2D eigenvalue weighted by molar-refractivity contribution is -0.138. The van der Waals surface area contributed by atoms with Crippen molar-refractivity contribution >= 4 is 18.6 Å². The van der Waals surface area contributed by atoms with E-state index < -0.39 is 12.0 Å². The number of carboxylic acids is 1. The van der Waals surface area contributed by atoms with Gasteiger partial charge in [0.1, 0.15) is 11.8 Å². The first kappa shape index (κ1) is 10.9. The second-order valence-electron chi connectivity index (χ2n) is 2.93. The van der Waals surface area contributed by atoms with E-state index in [4.69, 9.17) is 10.8 Å². The van der Waals surface area contributed by atoms with Crippen LogP contribution >= 0.6 is 12.6 Å². The van der Waals surface area contributed by atoms with Crippen molar-refractivity contribution < 1.29 is 15.0 Å². The molecule has 0 amide bonds. The minimum Gasteiger partial charge on any atom is -0.507 e. The van der Waals surface area contributed by atoms with Gasteiger partial charge < -0.3 is 15.9 Å². The number of rotatable bonds is 3. The summed E-state index contributed by atoms with van der Waals surface area (Å²) in [5.74, 6) is -1.10. The Balaban J connectivity index is 2.87. The SMILES string of the molecule is NC(Cc1cccc(S)c1O)C(=O)O. The maximum absolute atomic E-state index is 10.5. The molecule has 4 N–H and O–H groups in total. The van der Waals surface area contributed by atoms with E-state index in [1.807, 2.05) is 0 Å². The Kier molecular flexibility index (Phi) is 3.38. The molecular weight excluding hydrogens is 202 g/mol. The molecule has 1 atom stereocenters. The summed E-state index contributed by atoms with van der Waals surface area (Å²) in [6.45, 7) is 0. The Morgan fingerprint density at radius 3 is 2.79 bits per heavy atom. The summed E-state index contributed by atoms with van der Waals surface area (Å²) in [5.41, 5.74) is 5.82. The fraction of sp³-hybridized carbons (Fsp3) is 0.222. The topological polar surface area (TPSA) is 83.5 Å². The number of hydrogen-bond acceptors (Lipinski definition) is 4. The van der Waals surface area contributed by atoms with E-state index in [0.29, 0.717) is 10.5 Å². The molecule has 0 aromatic heterocycles. The fourth-order valence-electron chi connectivity index (χ4n) is 1.07. The zero-order valence-electron chi connectivity index (χ0n) is 7.34. The van der Waals surface area contributed by atoms with Crippen molar-refractivity contribution in [2.24, 2.45) is 5.73 Å². The lowest BCUT2D eigenvalue weighted by Crippen LogP contribution is -2.32. The monoisotopic (exact) mass is 213 g/mol. The van der Waals surface area contributed by atoms with Gasteiger partial charge in [0, 0.05) is 11.3 Å². The van der Waals surface area contributed by atoms with Crippen LogP contribution in [0, 0.1) is 0 Å². The van der Waals surface area contributed by atoms with Gasteiger partial charge >= 0.3 is 5.97 Å². The van der Waals surface area contributed by atoms with Crippen molar-refractivity contribution in [2.75, 3.05) is 0 Å². The van der Waals surface area contributed by atoms with Crippen LogP contribution < -0.4 is 5.73 Å². The van der Waals surface area contributed by atoms with Crippen molar-refractivity contribution in [3.05, 3.63) is 23.8 Å². The van der Waals surface area contributed by atoms with Gasteiger partial charge in [0.05, 0.1) is 0 Å². The van der Waals surface area contributed by atoms with Crippen LogP contribution in [0.4, 0.5) is 0 Å². The standard InChI is InChI=1S/C9H11NO3S/c10-6(9(12)13)4-5-2-1-3-7(14)8(5)11/h1-3,6,11,14H,4,10H2,(H,12,13). The number of carboxylic acid groups (broad SMARTS) is 1. The number of thiol groups is 1. The van der Waals surface area contributed by atoms with Crippen molar-refractivity contribution in [2.45, 2.75) is 17.4 Å². The molecule has 0 saturated heterocycles. The summed E-state index contributed by atoms with van der Waals surface area (Å²) < 4.78 is 0. The number of carbonyl (C=O) groups is 1. The first-order valence-electron chi connectivity index (χ1n) is 4.00. The second kappa shape index (κ2) is 4.34. The molecule has 1 aromatic carbocycles. The molecule has 0 heterocycles. The van der Waals surface area contributed by atoms with Crippen molar-refractivity contribution in [3.8, 4) is 5.75 Å². The summed E-state index contributed by atoms with van der Waals surface area (Å²) >= 11 is 4.00. The molecule has 0 aliphatic heterocycles. The van der Waals surface area contributed by atoms with Crippen LogP contribution in [0.1, 0.15) is 5.56 Å². The lowest BCUT2D eigenvalue weighted by Gasteiger charge is -2.09. The van der Waals surface area contributed by atoms with Crippen molar-refractivity contribution in [1.29, 1.82) is 0 Å². The number of phenols is 1. The molecule has 0 aliphatic rings. The fourth-order valence-corrected chi connectivity index (χ4v) is 1.30. The molecule has 0 saturated carbocycles. The molecule has 1 rings (SSSR count). The third-order valence-electron chi connectivity index (χ3n) is 1.86. The van der Waals surface area contributed by atoms with Gasteiger partial charge in [0.25, 0.3) is 0 Å². The predicted molar refractivity (Wildman–Crippen MR) is 54.7 cm³/mol. The zero-order chi connectivity index (χ0) is 10.7. The highest BCUT2D eigenvalue weighted by Crippen LogP contribution is 2.26. The van der Waals surface area contributed by atoms with Crippen LogP contribution in [0.15, 0.2) is 23.1 Å². The molecule has 0 spiro atoms. The molecule has 1 unspecified atom stereocenters. The Morgan fingerprint density at radius 1 is 1.57 bits per heavy atom. The van der Waals surface area contributed by atoms with E-state index in [1.54, 1.807) is 18.2 Å². The highest BCUT2D eigenvalue weighted by molar-refractivity contribution is 7.80. The van der Waals surface area contributed by atoms with Gasteiger partial charge in [0.2, 0.25) is 0 Å². The summed E-state index contributed by atoms with van der Waals surface area (Å²) in [6.07, 6.45) is 0.0928. The largest absolute Gasteiger partial charge is 0.507 e. The van der Waals surface area contributed by atoms with Crippen molar-refractivity contribution in [1.82, 2.24) is 0 Å². The average Bonchev–Trinajstić information content (AvgIpc) is 2.12. The number of para-hydroxylation sites is 1. The van der Waals surface area contributed by atoms with Gasteiger partial charge in [-0.15, -0.1) is 12.6 Å². The van der Waals surface area contributed by atoms with E-state index in [-0.39, 0.29) is 12.2 Å². The van der Waals surface area contributed by atoms with Gasteiger partial charge in [-0.25, -0.2) is 0 Å². The van der Waals surface area contributed by atoms with E-state index in [9.17, 15) is 9.90 Å². The smallest absolute Gasteiger partial charge is 0.320 e. The molecule has 0 aliphatic carbocycles. The molecule has 0 radical (unpaired) electrons. The molecule has 0 bridgehead atoms. The number of nitrogens with two attached hydrogens (primary N) is 1. The third kappa shape index (κ3) is 2.40. The molecule has 14 heavy (non-hydrogen) atoms. The lowest BCUT2D eigenvalue weighted by atomic mass is 10.1. The Bertz CT molecular complexity index is 354. The van der Waals surface area contributed by atoms with Crippen LogP contribution in [-0.2, 0) is 11.2 Å². The molecule has 0 fully saturated rings. The van der Waals surface area contributed by atoms with Crippen LogP contribution in [0.25, 0.3) is 0 Å². The highest BCUT2D eigenvalue weighted by Gasteiger charge is 2.14. The summed E-state index contributed by atoms with van der Waals surface area (Å²) in [6, 6.07) is 3.92. The molecule has 5 heteroatoms. The van der Waals surface area contributed by atoms with Crippen LogP contribution in [0.5, 0.6) is 5.75 Å². The van der Waals surface area contributed by atoms with Crippen molar-refractivity contribution in [3.63, 3.8) is 0 Å². The molecule has 76 valence electrons. The Labute approximate surface area is 86.8 Å². The first-order chi connectivity index (χ1) is 6.52. The maximum Gasteiger partial charge on any atom is 0.320 e. The molecule has 1 aromatic rings. The highest BCUT2D eigenvalue weighted by atomic mass is 32.1. The summed E-state index contributed by atoms with van der Waals surface area (Å²) in [7, 11) is 0. The van der Waals surface area contributed by atoms with Crippen LogP contribution in [0.3, 0.4) is 0 Å². The quantitative estimate of drug-likeness (QED) is 0.555. The summed E-state index contributed by atoms with van der Waals surface area (Å²) in [4.78, 5) is 10.9. The third-order valence-corrected chi connectivity index (χ3v) is 2.22. The van der Waals surface area contributed by atoms with Crippen LogP contribution in [-0.4, -0.2) is 22.2 Å². The normalized spacial score (nSPS) is 12.4. The Hall–Kier alpha value is -1.20. The first-order valence-corrected chi connectivity index (χ1v) is 4.45. The minimum atomic E-state index is -1.09. The minimum absolute atomic E-state index is 0.00691. The number of benzene rings is 1. The van der Waals surface area contributed by atoms with Gasteiger partial charge in [0.15, 0.2) is 0 Å². The summed E-state index contributed by atoms with van der Waals surface area (Å²) in [5, 5.41) is 18.1. The van der Waals surface area contributed by atoms with E-state index in [0.717, 1.165) is 0 Å². The van der Waals surface area contributed by atoms with Crippen LogP contribution in [0.2, 0.25) is 0 Å². The Morgan fingerprint density at radius 2 is 2.21 bits per heavy atom. The number of hydrogen-bond donors (Lipinski definition) is 4. The van der Waals surface area contributed by atoms with E-state index in [2.05, 4.69) is 12.6 Å². The van der Waals surface area contributed by atoms with Gasteiger partial charge in [-0.2, -0.15) is 0 Å². The number of aliphatic carboxylic acids is 1. The van der Waals surface area contributed by atoms with Gasteiger partial charge in [-0.3, -0.25) is 4.79 Å². The zero-order valence-corrected chi connectivity index (χ0v) is 8.24. The van der Waals surface area contributed by atoms with E-state index in [1.165, 1.54) is 0 Å².